The molecule has 1 saturated heterocycles. The molecule has 0 spiro atoms. The van der Waals surface area contributed by atoms with E-state index in [-0.39, 0.29) is 30.7 Å². The van der Waals surface area contributed by atoms with Gasteiger partial charge >= 0.3 is 12.1 Å². The normalized spacial score (nSPS) is 20.4. The van der Waals surface area contributed by atoms with E-state index in [9.17, 15) is 24.4 Å². The molecule has 0 saturated carbocycles. The molecule has 1 fully saturated rings. The summed E-state index contributed by atoms with van der Waals surface area (Å²) >= 11 is 0. The van der Waals surface area contributed by atoms with Crippen LogP contribution in [0.25, 0.3) is 32.7 Å². The van der Waals surface area contributed by atoms with E-state index in [1.165, 1.54) is 27.7 Å². The summed E-state index contributed by atoms with van der Waals surface area (Å²) in [7, 11) is 0. The molecule has 4 aromatic carbocycles. The van der Waals surface area contributed by atoms with Gasteiger partial charge < -0.3 is 41.4 Å². The van der Waals surface area contributed by atoms with Crippen LogP contribution in [0.5, 0.6) is 0 Å². The van der Waals surface area contributed by atoms with Gasteiger partial charge in [-0.25, -0.2) is 9.59 Å². The van der Waals surface area contributed by atoms with Crippen molar-refractivity contribution in [3.63, 3.8) is 0 Å². The molecule has 1 aliphatic heterocycles. The molecule has 5 amide bonds. The van der Waals surface area contributed by atoms with E-state index in [0.29, 0.717) is 0 Å². The predicted octanol–water partition coefficient (Wildman–Crippen LogP) is 6.26. The average Bonchev–Trinajstić information content (AvgIpc) is 3.37. The highest BCUT2D eigenvalue weighted by Crippen LogP contribution is 2.44. The number of quaternary nitrogens is 1. The van der Waals surface area contributed by atoms with E-state index in [1.807, 2.05) is 48.5 Å². The van der Waals surface area contributed by atoms with E-state index in [4.69, 9.17) is 15.2 Å². The monoisotopic (exact) mass is 992 g/mol. The van der Waals surface area contributed by atoms with Crippen LogP contribution in [0.15, 0.2) is 72.8 Å². The molecule has 72 heavy (non-hydrogen) atoms. The van der Waals surface area contributed by atoms with E-state index in [2.05, 4.69) is 45.5 Å². The lowest BCUT2D eigenvalue weighted by Crippen LogP contribution is -3.24. The number of rotatable bonds is 11. The number of fused-ring (bicyclic) bond motifs is 7. The van der Waals surface area contributed by atoms with Gasteiger partial charge in [0.25, 0.3) is 11.8 Å². The van der Waals surface area contributed by atoms with Crippen molar-refractivity contribution in [3.8, 4) is 11.1 Å². The molecule has 0 radical (unpaired) electrons. The molecule has 0 unspecified atom stereocenters. The molecule has 0 aromatic heterocycles. The van der Waals surface area contributed by atoms with Crippen LogP contribution >= 0.6 is 0 Å². The summed E-state index contributed by atoms with van der Waals surface area (Å²) in [5.74, 6) is -4.19. The Bertz CT molecular complexity index is 2700. The zero-order valence-electron chi connectivity index (χ0n) is 45.1. The quantitative estimate of drug-likeness (QED) is 0.0559. The summed E-state index contributed by atoms with van der Waals surface area (Å²) in [4.78, 5) is 87.6. The third-order valence-corrected chi connectivity index (χ3v) is 13.7. The van der Waals surface area contributed by atoms with Crippen LogP contribution < -0.4 is 32.1 Å². The zero-order valence-corrected chi connectivity index (χ0v) is 45.1. The fraction of sp³-hybridized carbons (Fsp3) is 0.536. The number of carbonyl (C=O) groups is 6. The maximum absolute atomic E-state index is 15.2. The number of nitrogens with zero attached hydrogens (tertiary/aromatic N) is 1. The number of hydroxylamine groups is 2. The Morgan fingerprint density at radius 3 is 1.56 bits per heavy atom. The minimum absolute atomic E-state index is 0.110. The minimum atomic E-state index is -2.02. The Kier molecular flexibility index (Phi) is 14.7. The topological polar surface area (TPSA) is 226 Å². The van der Waals surface area contributed by atoms with Crippen molar-refractivity contribution in [1.82, 2.24) is 26.2 Å². The zero-order chi connectivity index (χ0) is 53.9. The second kappa shape index (κ2) is 19.2. The van der Waals surface area contributed by atoms with Crippen LogP contribution in [-0.4, -0.2) is 97.2 Å². The second-order valence-corrected chi connectivity index (χ2v) is 24.5. The molecule has 390 valence electrons. The maximum Gasteiger partial charge on any atom is 0.409 e. The number of nitrogens with one attached hydrogen (secondary N) is 5. The van der Waals surface area contributed by atoms with Crippen LogP contribution in [0.4, 0.5) is 4.79 Å². The summed E-state index contributed by atoms with van der Waals surface area (Å²) in [6, 6.07) is 21.8. The number of ether oxygens (including phenoxy) is 2. The predicted molar refractivity (Wildman–Crippen MR) is 279 cm³/mol. The summed E-state index contributed by atoms with van der Waals surface area (Å²) in [5.41, 5.74) is 0.115. The van der Waals surface area contributed by atoms with E-state index in [1.54, 1.807) is 83.1 Å². The number of carbonyl (C=O) groups excluding carboxylic acids is 6. The summed E-state index contributed by atoms with van der Waals surface area (Å²) in [6.45, 7) is 25.9. The molecule has 16 nitrogen and oxygen atoms in total. The maximum atomic E-state index is 15.2. The molecule has 2 atom stereocenters. The van der Waals surface area contributed by atoms with Gasteiger partial charge in [0.2, 0.25) is 11.8 Å². The highest BCUT2D eigenvalue weighted by molar-refractivity contribution is 6.09. The molecule has 6 rings (SSSR count). The lowest BCUT2D eigenvalue weighted by atomic mass is 9.69. The van der Waals surface area contributed by atoms with Gasteiger partial charge in [-0.05, 0) is 155 Å². The largest absolute Gasteiger partial charge is 0.634 e. The van der Waals surface area contributed by atoms with Crippen molar-refractivity contribution in [2.24, 2.45) is 5.73 Å². The van der Waals surface area contributed by atoms with Gasteiger partial charge in [-0.3, -0.25) is 29.4 Å². The van der Waals surface area contributed by atoms with Gasteiger partial charge in [-0.2, -0.15) is 0 Å². The molecule has 1 aliphatic carbocycles. The Labute approximate surface area is 424 Å². The fourth-order valence-corrected chi connectivity index (χ4v) is 10.9. The number of hydrogen-bond donors (Lipinski definition) is 6. The molecule has 1 heterocycles. The molecular formula is C56H77N7O9. The Balaban J connectivity index is 1.40. The van der Waals surface area contributed by atoms with Crippen LogP contribution in [0, 0.1) is 5.21 Å². The Morgan fingerprint density at radius 2 is 1.10 bits per heavy atom. The molecular weight excluding hydrogens is 915 g/mol. The SMILES string of the molecule is C[C@H](NC(=O)C(C)(C)N(C(=O)[C@H](C)NC(=O)C(C)(C)NC1(NC(=O)OC(C)(C)C)Cc2ccc3ccccc3c2-c2c(ccc3ccccc23)C1)C(=O)C1(N)CC(C)(C)[NH+]([O-])C(C)(C)C1)C(=O)OC(C)(C)C. The number of esters is 1. The van der Waals surface area contributed by atoms with Crippen molar-refractivity contribution in [2.45, 2.75) is 193 Å². The summed E-state index contributed by atoms with van der Waals surface area (Å²) in [6.07, 6.45) is -0.606. The number of imide groups is 1. The van der Waals surface area contributed by atoms with Crippen molar-refractivity contribution in [1.29, 1.82) is 0 Å². The van der Waals surface area contributed by atoms with E-state index >= 15 is 9.59 Å². The first kappa shape index (κ1) is 55.4. The first-order chi connectivity index (χ1) is 32.9. The molecule has 0 bridgehead atoms. The molecule has 4 aromatic rings. The number of amides is 5. The minimum Gasteiger partial charge on any atom is -0.634 e. The van der Waals surface area contributed by atoms with Crippen molar-refractivity contribution >= 4 is 57.2 Å². The number of alkyl carbamates (subject to hydrolysis) is 1. The van der Waals surface area contributed by atoms with Gasteiger partial charge in [0.15, 0.2) is 0 Å². The number of hydrogen-bond acceptors (Lipinski definition) is 11. The van der Waals surface area contributed by atoms with Crippen LogP contribution in [0.1, 0.15) is 135 Å². The standard InChI is InChI=1S/C56H77N7O9/c1-33(43(64)62(47(68)55(57)31-51(9,10)63(70)52(11,12)32-55)54(15,16)46(67)59-34(2)44(65)71-49(3,4)5)58-45(66)53(13,14)61-56(60-48(69)72-50(6,7)8)29-37-27-25-35-21-17-19-23-39(35)41(37)42-38(30-56)28-26-36-22-18-20-24-40(36)42/h17-28,33-34,61,63H,29-32,57H2,1-16H3,(H,58,66)(H,59,67)(H,60,69)/t33-,34-/m0/s1. The Morgan fingerprint density at radius 1 is 0.653 bits per heavy atom. The fourth-order valence-electron chi connectivity index (χ4n) is 10.9. The van der Waals surface area contributed by atoms with Gasteiger partial charge in [0.05, 0.1) is 16.6 Å². The van der Waals surface area contributed by atoms with Gasteiger partial charge in [0.1, 0.15) is 40.0 Å². The first-order valence-corrected chi connectivity index (χ1v) is 24.8. The molecule has 2 aliphatic rings. The van der Waals surface area contributed by atoms with Crippen LogP contribution in [-0.2, 0) is 46.3 Å². The smallest absolute Gasteiger partial charge is 0.409 e. The third-order valence-electron chi connectivity index (χ3n) is 13.7. The van der Waals surface area contributed by atoms with Gasteiger partial charge in [-0.15, -0.1) is 0 Å². The lowest BCUT2D eigenvalue weighted by Gasteiger charge is -2.58. The second-order valence-electron chi connectivity index (χ2n) is 24.5. The highest BCUT2D eigenvalue weighted by atomic mass is 16.6. The van der Waals surface area contributed by atoms with E-state index in [0.717, 1.165) is 48.7 Å². The first-order valence-electron chi connectivity index (χ1n) is 24.8. The van der Waals surface area contributed by atoms with Gasteiger partial charge in [-0.1, -0.05) is 72.8 Å². The van der Waals surface area contributed by atoms with E-state index < -0.39 is 92.3 Å². The van der Waals surface area contributed by atoms with Crippen molar-refractivity contribution < 1.29 is 43.3 Å². The molecule has 16 heteroatoms. The number of piperidine rings is 1. The highest BCUT2D eigenvalue weighted by Gasteiger charge is 2.59. The number of nitrogens with two attached hydrogens (primary N) is 1. The lowest BCUT2D eigenvalue weighted by molar-refractivity contribution is -0.956. The van der Waals surface area contributed by atoms with Crippen molar-refractivity contribution in [3.05, 3.63) is 89.1 Å². The van der Waals surface area contributed by atoms with Gasteiger partial charge in [0, 0.05) is 25.7 Å². The summed E-state index contributed by atoms with van der Waals surface area (Å²) in [5, 5.41) is 29.7. The molecule has 7 N–H and O–H groups in total. The van der Waals surface area contributed by atoms with Crippen LogP contribution in [0.3, 0.4) is 0 Å². The van der Waals surface area contributed by atoms with Crippen LogP contribution in [0.2, 0.25) is 0 Å². The number of benzene rings is 4. The summed E-state index contributed by atoms with van der Waals surface area (Å²) < 4.78 is 11.4. The third kappa shape index (κ3) is 11.5. The Hall–Kier alpha value is -5.94. The van der Waals surface area contributed by atoms with Crippen molar-refractivity contribution in [2.75, 3.05) is 0 Å². The average molecular weight is 992 g/mol.